The molecule has 0 spiro atoms. The Kier molecular flexibility index (Phi) is 3.12. The van der Waals surface area contributed by atoms with Crippen LogP contribution in [0.3, 0.4) is 0 Å². The smallest absolute Gasteiger partial charge is 0.128 e. The fourth-order valence-corrected chi connectivity index (χ4v) is 2.31. The lowest BCUT2D eigenvalue weighted by molar-refractivity contribution is 0.218. The molecule has 4 heteroatoms. The molecule has 1 heterocycles. The normalized spacial score (nSPS) is 19.9. The topological polar surface area (TPSA) is 27.0 Å². The van der Waals surface area contributed by atoms with Crippen molar-refractivity contribution in [3.63, 3.8) is 0 Å². The zero-order valence-corrected chi connectivity index (χ0v) is 9.71. The maximum absolute atomic E-state index is 13.8. The molecule has 1 aromatic rings. The molecule has 0 radical (unpaired) electrons. The summed E-state index contributed by atoms with van der Waals surface area (Å²) in [5.41, 5.74) is -0.674. The van der Waals surface area contributed by atoms with Crippen LogP contribution in [-0.2, 0) is 5.41 Å². The van der Waals surface area contributed by atoms with Gasteiger partial charge in [0.2, 0.25) is 0 Å². The molecule has 1 fully saturated rings. The van der Waals surface area contributed by atoms with E-state index in [0.717, 1.165) is 31.3 Å². The molecule has 0 aliphatic carbocycles. The highest BCUT2D eigenvalue weighted by Crippen LogP contribution is 2.36. The highest BCUT2D eigenvalue weighted by Gasteiger charge is 2.37. The zero-order valence-electron chi connectivity index (χ0n) is 9.71. The van der Waals surface area contributed by atoms with Gasteiger partial charge in [0.1, 0.15) is 11.6 Å². The molecule has 0 saturated carbocycles. The van der Waals surface area contributed by atoms with Gasteiger partial charge in [-0.3, -0.25) is 0 Å². The van der Waals surface area contributed by atoms with Crippen LogP contribution in [0.5, 0.6) is 0 Å². The lowest BCUT2D eigenvalue weighted by Gasteiger charge is -2.35. The third-order valence-corrected chi connectivity index (χ3v) is 3.50. The van der Waals surface area contributed by atoms with E-state index in [9.17, 15) is 14.0 Å². The average Bonchev–Trinajstić information content (AvgIpc) is 2.34. The number of halogens is 2. The minimum absolute atomic E-state index is 0.202. The van der Waals surface area contributed by atoms with Gasteiger partial charge in [0.25, 0.3) is 0 Å². The van der Waals surface area contributed by atoms with E-state index in [-0.39, 0.29) is 5.56 Å². The van der Waals surface area contributed by atoms with E-state index in [0.29, 0.717) is 12.8 Å². The maximum Gasteiger partial charge on any atom is 0.128 e. The summed E-state index contributed by atoms with van der Waals surface area (Å²) >= 11 is 0. The molecule has 1 aliphatic heterocycles. The summed E-state index contributed by atoms with van der Waals surface area (Å²) < 4.78 is 27.0. The second-order valence-corrected chi connectivity index (χ2v) is 4.62. The van der Waals surface area contributed by atoms with Gasteiger partial charge in [-0.25, -0.2) is 8.78 Å². The van der Waals surface area contributed by atoms with Crippen molar-refractivity contribution in [2.45, 2.75) is 18.3 Å². The quantitative estimate of drug-likeness (QED) is 0.749. The minimum atomic E-state index is -0.876. The number of hydrogen-bond acceptors (Lipinski definition) is 2. The Morgan fingerprint density at radius 1 is 1.29 bits per heavy atom. The number of nitriles is 1. The van der Waals surface area contributed by atoms with Gasteiger partial charge in [0.05, 0.1) is 11.5 Å². The van der Waals surface area contributed by atoms with E-state index in [1.165, 1.54) is 0 Å². The van der Waals surface area contributed by atoms with Crippen molar-refractivity contribution >= 4 is 0 Å². The largest absolute Gasteiger partial charge is 0.306 e. The van der Waals surface area contributed by atoms with Crippen molar-refractivity contribution in [1.82, 2.24) is 4.90 Å². The molecular formula is C13H14F2N2. The Labute approximate surface area is 99.5 Å². The van der Waals surface area contributed by atoms with Gasteiger partial charge in [-0.15, -0.1) is 0 Å². The Bertz CT molecular complexity index is 457. The summed E-state index contributed by atoms with van der Waals surface area (Å²) in [6, 6.07) is 5.53. The molecule has 1 aromatic carbocycles. The van der Waals surface area contributed by atoms with Crippen LogP contribution >= 0.6 is 0 Å². The fourth-order valence-electron chi connectivity index (χ4n) is 2.31. The summed E-state index contributed by atoms with van der Waals surface area (Å²) in [5, 5.41) is 9.34. The van der Waals surface area contributed by atoms with E-state index < -0.39 is 17.0 Å². The fraction of sp³-hybridized carbons (Fsp3) is 0.462. The van der Waals surface area contributed by atoms with Gasteiger partial charge in [-0.05, 0) is 51.2 Å². The molecule has 0 atom stereocenters. The second-order valence-electron chi connectivity index (χ2n) is 4.62. The first-order valence-electron chi connectivity index (χ1n) is 5.63. The first kappa shape index (κ1) is 12.0. The molecule has 1 aliphatic rings. The molecule has 0 unspecified atom stereocenters. The number of rotatable bonds is 1. The van der Waals surface area contributed by atoms with Crippen molar-refractivity contribution in [2.24, 2.45) is 0 Å². The highest BCUT2D eigenvalue weighted by atomic mass is 19.1. The predicted molar refractivity (Wildman–Crippen MR) is 60.4 cm³/mol. The number of nitrogens with zero attached hydrogens (tertiary/aromatic N) is 2. The van der Waals surface area contributed by atoms with Gasteiger partial charge >= 0.3 is 0 Å². The van der Waals surface area contributed by atoms with Crippen LogP contribution in [0.2, 0.25) is 0 Å². The van der Waals surface area contributed by atoms with Gasteiger partial charge in [0.15, 0.2) is 0 Å². The lowest BCUT2D eigenvalue weighted by Crippen LogP contribution is -2.40. The average molecular weight is 236 g/mol. The SMILES string of the molecule is CN1CCC(C#N)(c2cc(F)ccc2F)CC1. The molecule has 0 N–H and O–H groups in total. The summed E-state index contributed by atoms with van der Waals surface area (Å²) in [5.74, 6) is -0.979. The van der Waals surface area contributed by atoms with Crippen molar-refractivity contribution in [3.8, 4) is 6.07 Å². The third kappa shape index (κ3) is 2.16. The molecular weight excluding hydrogens is 222 g/mol. The number of hydrogen-bond donors (Lipinski definition) is 0. The first-order chi connectivity index (χ1) is 8.07. The summed E-state index contributed by atoms with van der Waals surface area (Å²) in [6.45, 7) is 1.45. The Morgan fingerprint density at radius 3 is 2.53 bits per heavy atom. The van der Waals surface area contributed by atoms with E-state index in [2.05, 4.69) is 11.0 Å². The molecule has 1 saturated heterocycles. The standard InChI is InChI=1S/C13H14F2N2/c1-17-6-4-13(9-16,5-7-17)11-8-10(14)2-3-12(11)15/h2-3,8H,4-7H2,1H3. The van der Waals surface area contributed by atoms with Crippen LogP contribution in [0.1, 0.15) is 18.4 Å². The van der Waals surface area contributed by atoms with E-state index in [1.54, 1.807) is 0 Å². The van der Waals surface area contributed by atoms with Crippen LogP contribution in [-0.4, -0.2) is 25.0 Å². The van der Waals surface area contributed by atoms with Crippen molar-refractivity contribution in [3.05, 3.63) is 35.4 Å². The Morgan fingerprint density at radius 2 is 1.94 bits per heavy atom. The Balaban J connectivity index is 2.42. The Hall–Kier alpha value is -1.47. The minimum Gasteiger partial charge on any atom is -0.306 e. The second kappa shape index (κ2) is 4.42. The molecule has 0 bridgehead atoms. The summed E-state index contributed by atoms with van der Waals surface area (Å²) in [4.78, 5) is 2.09. The van der Waals surface area contributed by atoms with Crippen LogP contribution in [0, 0.1) is 23.0 Å². The maximum atomic E-state index is 13.8. The molecule has 0 amide bonds. The molecule has 2 nitrogen and oxygen atoms in total. The van der Waals surface area contributed by atoms with Crippen molar-refractivity contribution in [1.29, 1.82) is 5.26 Å². The van der Waals surface area contributed by atoms with E-state index >= 15 is 0 Å². The van der Waals surface area contributed by atoms with Crippen LogP contribution < -0.4 is 0 Å². The molecule has 90 valence electrons. The number of benzene rings is 1. The van der Waals surface area contributed by atoms with Crippen LogP contribution in [0.25, 0.3) is 0 Å². The van der Waals surface area contributed by atoms with Gasteiger partial charge < -0.3 is 4.90 Å². The van der Waals surface area contributed by atoms with Gasteiger partial charge in [-0.1, -0.05) is 0 Å². The van der Waals surface area contributed by atoms with Gasteiger partial charge in [-0.2, -0.15) is 5.26 Å². The summed E-state index contributed by atoms with van der Waals surface area (Å²) in [7, 11) is 1.96. The first-order valence-corrected chi connectivity index (χ1v) is 5.63. The van der Waals surface area contributed by atoms with Crippen molar-refractivity contribution < 1.29 is 8.78 Å². The monoisotopic (exact) mass is 236 g/mol. The van der Waals surface area contributed by atoms with Gasteiger partial charge in [0, 0.05) is 5.56 Å². The van der Waals surface area contributed by atoms with Crippen LogP contribution in [0.15, 0.2) is 18.2 Å². The van der Waals surface area contributed by atoms with Crippen LogP contribution in [0.4, 0.5) is 8.78 Å². The van der Waals surface area contributed by atoms with Crippen molar-refractivity contribution in [2.75, 3.05) is 20.1 Å². The van der Waals surface area contributed by atoms with E-state index in [1.807, 2.05) is 7.05 Å². The zero-order chi connectivity index (χ0) is 12.5. The highest BCUT2D eigenvalue weighted by molar-refractivity contribution is 5.35. The predicted octanol–water partition coefficient (Wildman–Crippen LogP) is 2.45. The molecule has 17 heavy (non-hydrogen) atoms. The lowest BCUT2D eigenvalue weighted by atomic mass is 9.74. The number of piperidine rings is 1. The molecule has 2 rings (SSSR count). The third-order valence-electron chi connectivity index (χ3n) is 3.50. The molecule has 0 aromatic heterocycles. The number of likely N-dealkylation sites (tertiary alicyclic amines) is 1. The summed E-state index contributed by atoms with van der Waals surface area (Å²) in [6.07, 6.45) is 1.08. The van der Waals surface area contributed by atoms with E-state index in [4.69, 9.17) is 0 Å².